The van der Waals surface area contributed by atoms with Gasteiger partial charge in [0, 0.05) is 12.1 Å². The van der Waals surface area contributed by atoms with Crippen molar-refractivity contribution in [3.8, 4) is 17.2 Å². The summed E-state index contributed by atoms with van der Waals surface area (Å²) < 4.78 is 21.6. The Hall–Kier alpha value is -2.07. The Morgan fingerprint density at radius 2 is 1.75 bits per heavy atom. The van der Waals surface area contributed by atoms with Gasteiger partial charge in [0.1, 0.15) is 52.8 Å². The van der Waals surface area contributed by atoms with Crippen LogP contribution in [0, 0.1) is 0 Å². The number of hydrogen-bond acceptors (Lipinski definition) is 13. The highest BCUT2D eigenvalue weighted by molar-refractivity contribution is 5.99. The van der Waals surface area contributed by atoms with Crippen LogP contribution in [-0.4, -0.2) is 115 Å². The average molecular weight is 462 g/mol. The summed E-state index contributed by atoms with van der Waals surface area (Å²) in [5, 5.41) is 79.7. The van der Waals surface area contributed by atoms with Crippen molar-refractivity contribution in [2.45, 2.75) is 55.6 Å². The second-order valence-electron chi connectivity index (χ2n) is 7.70. The fourth-order valence-electron chi connectivity index (χ4n) is 3.51. The maximum Gasteiger partial charge on any atom is 0.229 e. The number of aliphatic hydroxyl groups excluding tert-OH is 5. The first-order valence-electron chi connectivity index (χ1n) is 9.66. The second-order valence-corrected chi connectivity index (χ2v) is 7.70. The first-order valence-corrected chi connectivity index (χ1v) is 9.66. The minimum Gasteiger partial charge on any atom is -0.507 e. The predicted molar refractivity (Wildman–Crippen MR) is 101 cm³/mol. The molecule has 0 spiro atoms. The molecule has 1 aromatic carbocycles. The maximum absolute atomic E-state index is 11.5. The first kappa shape index (κ1) is 24.6. The zero-order valence-electron chi connectivity index (χ0n) is 16.9. The number of rotatable bonds is 7. The van der Waals surface area contributed by atoms with Crippen LogP contribution in [0.2, 0.25) is 0 Å². The van der Waals surface area contributed by atoms with Crippen molar-refractivity contribution < 1.29 is 64.6 Å². The van der Waals surface area contributed by atoms with Crippen LogP contribution in [0.4, 0.5) is 0 Å². The van der Waals surface area contributed by atoms with Gasteiger partial charge in [-0.3, -0.25) is 4.79 Å². The van der Waals surface area contributed by atoms with Crippen LogP contribution >= 0.6 is 0 Å². The van der Waals surface area contributed by atoms with Gasteiger partial charge < -0.3 is 59.8 Å². The number of phenols is 2. The lowest BCUT2D eigenvalue weighted by Gasteiger charge is -2.42. The second kappa shape index (κ2) is 9.43. The number of benzene rings is 1. The highest BCUT2D eigenvalue weighted by Crippen LogP contribution is 2.36. The molecule has 180 valence electrons. The van der Waals surface area contributed by atoms with Crippen molar-refractivity contribution in [1.82, 2.24) is 0 Å². The van der Waals surface area contributed by atoms with E-state index in [1.54, 1.807) is 0 Å². The number of aromatic hydroxyl groups is 2. The van der Waals surface area contributed by atoms with Gasteiger partial charge in [-0.05, 0) is 6.92 Å². The number of carbonyl (C=O) groups excluding carboxylic acids is 1. The van der Waals surface area contributed by atoms with E-state index in [0.29, 0.717) is 0 Å². The number of ketones is 1. The van der Waals surface area contributed by atoms with E-state index >= 15 is 0 Å². The van der Waals surface area contributed by atoms with Gasteiger partial charge in [-0.15, -0.1) is 0 Å². The molecule has 13 nitrogen and oxygen atoms in total. The number of carbonyl (C=O) groups is 1. The zero-order chi connectivity index (χ0) is 23.8. The summed E-state index contributed by atoms with van der Waals surface area (Å²) in [7, 11) is 0. The SMILES string of the molecule is CC(=O)c1c(O)cc(O[C@H]2O[C@@H](CO)[C@H](O)[C@@H](O)[C@@H]2O[C@@H]2OC[C@](O)(CO)[C@H]2O)cc1O. The van der Waals surface area contributed by atoms with Crippen LogP contribution in [0.15, 0.2) is 12.1 Å². The van der Waals surface area contributed by atoms with Crippen LogP contribution in [0.25, 0.3) is 0 Å². The van der Waals surface area contributed by atoms with E-state index < -0.39 is 85.8 Å². The number of ether oxygens (including phenoxy) is 4. The summed E-state index contributed by atoms with van der Waals surface area (Å²) in [4.78, 5) is 11.5. The summed E-state index contributed by atoms with van der Waals surface area (Å²) in [5.74, 6) is -2.02. The molecule has 1 aromatic rings. The van der Waals surface area contributed by atoms with E-state index in [1.807, 2.05) is 0 Å². The molecule has 2 fully saturated rings. The van der Waals surface area contributed by atoms with Crippen molar-refractivity contribution >= 4 is 5.78 Å². The maximum atomic E-state index is 11.5. The molecule has 0 radical (unpaired) electrons. The van der Waals surface area contributed by atoms with Crippen molar-refractivity contribution in [2.75, 3.05) is 19.8 Å². The molecule has 8 atom stereocenters. The summed E-state index contributed by atoms with van der Waals surface area (Å²) >= 11 is 0. The van der Waals surface area contributed by atoms with Crippen molar-refractivity contribution in [1.29, 1.82) is 0 Å². The fraction of sp³-hybridized carbons (Fsp3) is 0.632. The number of aliphatic hydroxyl groups is 6. The van der Waals surface area contributed by atoms with Crippen molar-refractivity contribution in [3.05, 3.63) is 17.7 Å². The van der Waals surface area contributed by atoms with Gasteiger partial charge in [0.15, 0.2) is 18.2 Å². The number of hydrogen-bond donors (Lipinski definition) is 8. The van der Waals surface area contributed by atoms with E-state index in [0.717, 1.165) is 19.1 Å². The molecule has 3 rings (SSSR count). The Balaban J connectivity index is 1.86. The van der Waals surface area contributed by atoms with E-state index in [2.05, 4.69) is 0 Å². The lowest BCUT2D eigenvalue weighted by atomic mass is 9.98. The summed E-state index contributed by atoms with van der Waals surface area (Å²) in [5.41, 5.74) is -2.36. The first-order chi connectivity index (χ1) is 15.0. The van der Waals surface area contributed by atoms with Gasteiger partial charge in [-0.25, -0.2) is 0 Å². The van der Waals surface area contributed by atoms with E-state index in [4.69, 9.17) is 18.9 Å². The molecule has 13 heteroatoms. The number of Topliss-reactive ketones (excluding diaryl/α,β-unsaturated/α-hetero) is 1. The van der Waals surface area contributed by atoms with E-state index in [-0.39, 0.29) is 11.3 Å². The average Bonchev–Trinajstić information content (AvgIpc) is 3.01. The molecule has 32 heavy (non-hydrogen) atoms. The smallest absolute Gasteiger partial charge is 0.229 e. The third kappa shape index (κ3) is 4.52. The minimum atomic E-state index is -2.02. The molecule has 0 aliphatic carbocycles. The molecule has 0 bridgehead atoms. The highest BCUT2D eigenvalue weighted by atomic mass is 16.8. The summed E-state index contributed by atoms with van der Waals surface area (Å²) in [6, 6.07) is 1.99. The third-order valence-corrected chi connectivity index (χ3v) is 5.37. The summed E-state index contributed by atoms with van der Waals surface area (Å²) in [6.45, 7) is -0.903. The van der Waals surface area contributed by atoms with Gasteiger partial charge in [0.25, 0.3) is 0 Å². The Labute approximate surface area is 181 Å². The molecule has 2 saturated heterocycles. The molecule has 2 heterocycles. The van der Waals surface area contributed by atoms with Crippen molar-refractivity contribution in [3.63, 3.8) is 0 Å². The Morgan fingerprint density at radius 3 is 2.25 bits per heavy atom. The Bertz CT molecular complexity index is 808. The lowest BCUT2D eigenvalue weighted by Crippen LogP contribution is -2.62. The molecule has 0 unspecified atom stereocenters. The molecule has 0 amide bonds. The summed E-state index contributed by atoms with van der Waals surface area (Å²) in [6.07, 6.45) is -11.1. The molecular formula is C19H26O13. The van der Waals surface area contributed by atoms with Gasteiger partial charge in [0.2, 0.25) is 6.29 Å². The van der Waals surface area contributed by atoms with Crippen LogP contribution in [-0.2, 0) is 14.2 Å². The lowest BCUT2D eigenvalue weighted by molar-refractivity contribution is -0.318. The molecule has 0 saturated carbocycles. The van der Waals surface area contributed by atoms with Crippen LogP contribution in [0.1, 0.15) is 17.3 Å². The zero-order valence-corrected chi connectivity index (χ0v) is 16.9. The Kier molecular flexibility index (Phi) is 7.24. The van der Waals surface area contributed by atoms with Crippen LogP contribution in [0.3, 0.4) is 0 Å². The fourth-order valence-corrected chi connectivity index (χ4v) is 3.51. The van der Waals surface area contributed by atoms with Crippen molar-refractivity contribution in [2.24, 2.45) is 0 Å². The largest absolute Gasteiger partial charge is 0.507 e. The molecule has 2 aliphatic rings. The molecular weight excluding hydrogens is 436 g/mol. The topological polar surface area (TPSA) is 216 Å². The van der Waals surface area contributed by atoms with Gasteiger partial charge in [0.05, 0.1) is 19.8 Å². The molecule has 8 N–H and O–H groups in total. The predicted octanol–water partition coefficient (Wildman–Crippen LogP) is -3.06. The normalized spacial score (nSPS) is 37.4. The van der Waals surface area contributed by atoms with Gasteiger partial charge in [-0.2, -0.15) is 0 Å². The monoisotopic (exact) mass is 462 g/mol. The third-order valence-electron chi connectivity index (χ3n) is 5.37. The quantitative estimate of drug-likeness (QED) is 0.189. The minimum absolute atomic E-state index is 0.219. The van der Waals surface area contributed by atoms with E-state index in [9.17, 15) is 45.6 Å². The van der Waals surface area contributed by atoms with Crippen LogP contribution < -0.4 is 4.74 Å². The molecule has 2 aliphatic heterocycles. The van der Waals surface area contributed by atoms with Gasteiger partial charge in [-0.1, -0.05) is 0 Å². The molecule has 0 aromatic heterocycles. The number of phenolic OH excluding ortho intramolecular Hbond substituents is 2. The standard InChI is InChI=1S/C19H26O13/c1-7(22)12-9(23)2-8(3-10(12)24)30-17-15(14(26)13(25)11(4-20)31-17)32-18-16(27)19(28,5-21)6-29-18/h2-3,11,13-18,20-21,23-28H,4-6H2,1H3/t11-,13-,14+,15-,16-,17-,18-,19+/m0/s1. The highest BCUT2D eigenvalue weighted by Gasteiger charge is 2.53. The van der Waals surface area contributed by atoms with Crippen LogP contribution in [0.5, 0.6) is 17.2 Å². The van der Waals surface area contributed by atoms with E-state index in [1.165, 1.54) is 0 Å². The Morgan fingerprint density at radius 1 is 1.12 bits per heavy atom. The van der Waals surface area contributed by atoms with Gasteiger partial charge >= 0.3 is 0 Å².